The molecular weight excluding hydrogens is 423 g/mol. The van der Waals surface area contributed by atoms with Crippen LogP contribution in [0.5, 0.6) is 17.2 Å². The largest absolute Gasteiger partial charge is 0.496 e. The lowest BCUT2D eigenvalue weighted by atomic mass is 10.0. The predicted molar refractivity (Wildman–Crippen MR) is 93.2 cm³/mol. The molecule has 7 heteroatoms. The van der Waals surface area contributed by atoms with E-state index in [0.29, 0.717) is 27.7 Å². The van der Waals surface area contributed by atoms with Crippen LogP contribution in [0.1, 0.15) is 5.56 Å². The van der Waals surface area contributed by atoms with Crippen LogP contribution in [0.2, 0.25) is 5.02 Å². The third-order valence-corrected chi connectivity index (χ3v) is 4.64. The number of hydrogen-bond donors (Lipinski definition) is 1. The summed E-state index contributed by atoms with van der Waals surface area (Å²) in [4.78, 5) is 0. The molecule has 0 fully saturated rings. The van der Waals surface area contributed by atoms with Crippen LogP contribution in [-0.2, 0) is 11.3 Å². The van der Waals surface area contributed by atoms with Crippen molar-refractivity contribution in [2.75, 3.05) is 28.1 Å². The van der Waals surface area contributed by atoms with Crippen LogP contribution in [-0.4, -0.2) is 33.2 Å². The summed E-state index contributed by atoms with van der Waals surface area (Å²) in [6.45, 7) is -0.0520. The Morgan fingerprint density at radius 3 is 2.41 bits per heavy atom. The summed E-state index contributed by atoms with van der Waals surface area (Å²) in [5, 5.41) is 11.4. The quantitative estimate of drug-likeness (QED) is 0.552. The fraction of sp³-hybridized carbons (Fsp3) is 0.333. The molecule has 2 aromatic carbocycles. The van der Waals surface area contributed by atoms with E-state index in [2.05, 4.69) is 22.6 Å². The van der Waals surface area contributed by atoms with Crippen LogP contribution in [0.25, 0.3) is 10.8 Å². The van der Waals surface area contributed by atoms with Crippen molar-refractivity contribution in [2.45, 2.75) is 6.61 Å². The number of aliphatic hydroxyl groups excluding tert-OH is 1. The van der Waals surface area contributed by atoms with E-state index in [1.807, 2.05) is 6.07 Å². The van der Waals surface area contributed by atoms with Crippen molar-refractivity contribution in [3.63, 3.8) is 0 Å². The molecule has 0 aliphatic rings. The van der Waals surface area contributed by atoms with E-state index >= 15 is 0 Å². The van der Waals surface area contributed by atoms with Gasteiger partial charge in [0.15, 0.2) is 6.79 Å². The zero-order valence-electron chi connectivity index (χ0n) is 12.4. The Hall–Kier alpha value is -0.960. The number of hydrogen-bond acceptors (Lipinski definition) is 5. The van der Waals surface area contributed by atoms with Gasteiger partial charge in [-0.05, 0) is 34.2 Å². The third-order valence-electron chi connectivity index (χ3n) is 3.18. The summed E-state index contributed by atoms with van der Waals surface area (Å²) < 4.78 is 22.3. The van der Waals surface area contributed by atoms with Gasteiger partial charge in [-0.25, -0.2) is 0 Å². The number of fused-ring (bicyclic) bond motifs is 1. The van der Waals surface area contributed by atoms with Gasteiger partial charge in [0.25, 0.3) is 0 Å². The van der Waals surface area contributed by atoms with Gasteiger partial charge in [-0.2, -0.15) is 0 Å². The first-order valence-electron chi connectivity index (χ1n) is 6.37. The number of halogens is 2. The molecular formula is C15H16ClIO5. The second-order valence-electron chi connectivity index (χ2n) is 4.40. The minimum Gasteiger partial charge on any atom is -0.496 e. The van der Waals surface area contributed by atoms with E-state index in [0.717, 1.165) is 14.5 Å². The minimum atomic E-state index is -0.119. The van der Waals surface area contributed by atoms with Gasteiger partial charge in [-0.15, -0.1) is 0 Å². The second-order valence-corrected chi connectivity index (χ2v) is 5.89. The zero-order chi connectivity index (χ0) is 16.3. The van der Waals surface area contributed by atoms with Gasteiger partial charge in [-0.1, -0.05) is 11.6 Å². The molecule has 0 atom stereocenters. The molecule has 22 heavy (non-hydrogen) atoms. The Morgan fingerprint density at radius 2 is 1.86 bits per heavy atom. The Morgan fingerprint density at radius 1 is 1.14 bits per heavy atom. The molecule has 0 unspecified atom stereocenters. The first-order valence-corrected chi connectivity index (χ1v) is 7.82. The van der Waals surface area contributed by atoms with E-state index in [1.54, 1.807) is 20.3 Å². The summed E-state index contributed by atoms with van der Waals surface area (Å²) in [5.74, 6) is 1.61. The molecule has 0 spiro atoms. The predicted octanol–water partition coefficient (Wildman–Crippen LogP) is 3.59. The van der Waals surface area contributed by atoms with Gasteiger partial charge in [0.1, 0.15) is 17.2 Å². The summed E-state index contributed by atoms with van der Waals surface area (Å²) in [6, 6.07) is 3.52. The molecule has 120 valence electrons. The van der Waals surface area contributed by atoms with Crippen molar-refractivity contribution >= 4 is 45.0 Å². The van der Waals surface area contributed by atoms with Crippen LogP contribution < -0.4 is 14.2 Å². The lowest BCUT2D eigenvalue weighted by Crippen LogP contribution is -2.04. The van der Waals surface area contributed by atoms with Crippen molar-refractivity contribution in [1.82, 2.24) is 0 Å². The number of benzene rings is 2. The first kappa shape index (κ1) is 17.4. The second kappa shape index (κ2) is 7.54. The Balaban J connectivity index is 2.91. The molecule has 5 nitrogen and oxygen atoms in total. The molecule has 0 heterocycles. The zero-order valence-corrected chi connectivity index (χ0v) is 15.3. The molecule has 0 aromatic heterocycles. The molecule has 0 saturated heterocycles. The molecule has 0 amide bonds. The van der Waals surface area contributed by atoms with Crippen LogP contribution in [0.4, 0.5) is 0 Å². The highest BCUT2D eigenvalue weighted by Crippen LogP contribution is 2.46. The maximum Gasteiger partial charge on any atom is 0.188 e. The molecule has 0 aliphatic heterocycles. The van der Waals surface area contributed by atoms with Gasteiger partial charge in [-0.3, -0.25) is 0 Å². The maximum atomic E-state index is 9.58. The van der Waals surface area contributed by atoms with Gasteiger partial charge in [0, 0.05) is 18.6 Å². The van der Waals surface area contributed by atoms with Crippen LogP contribution in [0, 0.1) is 3.57 Å². The Kier molecular flexibility index (Phi) is 5.96. The van der Waals surface area contributed by atoms with E-state index in [9.17, 15) is 5.11 Å². The smallest absolute Gasteiger partial charge is 0.188 e. The molecule has 0 radical (unpaired) electrons. The monoisotopic (exact) mass is 438 g/mol. The maximum absolute atomic E-state index is 9.58. The highest BCUT2D eigenvalue weighted by Gasteiger charge is 2.21. The van der Waals surface area contributed by atoms with Gasteiger partial charge >= 0.3 is 0 Å². The topological polar surface area (TPSA) is 57.2 Å². The van der Waals surface area contributed by atoms with E-state index in [1.165, 1.54) is 7.11 Å². The number of ether oxygens (including phenoxy) is 4. The van der Waals surface area contributed by atoms with E-state index in [-0.39, 0.29) is 13.4 Å². The molecule has 0 bridgehead atoms. The van der Waals surface area contributed by atoms with Gasteiger partial charge in [0.05, 0.1) is 34.8 Å². The fourth-order valence-electron chi connectivity index (χ4n) is 2.22. The lowest BCUT2D eigenvalue weighted by Gasteiger charge is -2.18. The molecule has 2 rings (SSSR count). The normalized spacial score (nSPS) is 10.8. The Labute approximate surface area is 147 Å². The number of rotatable bonds is 6. The summed E-state index contributed by atoms with van der Waals surface area (Å²) in [5.41, 5.74) is 0.724. The number of methoxy groups -OCH3 is 3. The molecule has 0 aliphatic carbocycles. The first-order chi connectivity index (χ1) is 10.6. The summed E-state index contributed by atoms with van der Waals surface area (Å²) in [6.07, 6.45) is 0. The van der Waals surface area contributed by atoms with Crippen molar-refractivity contribution < 1.29 is 24.1 Å². The van der Waals surface area contributed by atoms with E-state index < -0.39 is 0 Å². The Bertz CT molecular complexity index is 690. The van der Waals surface area contributed by atoms with Gasteiger partial charge in [0.2, 0.25) is 0 Å². The van der Waals surface area contributed by atoms with Crippen LogP contribution in [0.3, 0.4) is 0 Å². The van der Waals surface area contributed by atoms with Crippen molar-refractivity contribution in [3.05, 3.63) is 26.3 Å². The number of aliphatic hydroxyl groups is 1. The standard InChI is InChI=1S/C15H16ClIO5/c1-19-7-22-15-12-9(4-8(6-18)13(15)17)11(20-2)5-10(16)14(12)21-3/h4-5,18H,6-7H2,1-3H3. The van der Waals surface area contributed by atoms with Crippen LogP contribution in [0.15, 0.2) is 12.1 Å². The van der Waals surface area contributed by atoms with Gasteiger partial charge < -0.3 is 24.1 Å². The van der Waals surface area contributed by atoms with Crippen molar-refractivity contribution in [3.8, 4) is 17.2 Å². The summed E-state index contributed by atoms with van der Waals surface area (Å²) >= 11 is 8.39. The fourth-order valence-corrected chi connectivity index (χ4v) is 3.24. The molecule has 2 aromatic rings. The SMILES string of the molecule is COCOc1c(I)c(CO)cc2c(OC)cc(Cl)c(OC)c12. The minimum absolute atomic E-state index is 0.0674. The highest BCUT2D eigenvalue weighted by atomic mass is 127. The average molecular weight is 439 g/mol. The summed E-state index contributed by atoms with van der Waals surface area (Å²) in [7, 11) is 4.64. The van der Waals surface area contributed by atoms with E-state index in [4.69, 9.17) is 30.5 Å². The van der Waals surface area contributed by atoms with Crippen molar-refractivity contribution in [1.29, 1.82) is 0 Å². The molecule has 0 saturated carbocycles. The average Bonchev–Trinajstić information content (AvgIpc) is 2.53. The lowest BCUT2D eigenvalue weighted by molar-refractivity contribution is 0.0514. The molecule has 1 N–H and O–H groups in total. The third kappa shape index (κ3) is 3.05. The van der Waals surface area contributed by atoms with Crippen molar-refractivity contribution in [2.24, 2.45) is 0 Å². The van der Waals surface area contributed by atoms with Crippen LogP contribution >= 0.6 is 34.2 Å². The highest BCUT2D eigenvalue weighted by molar-refractivity contribution is 14.1.